The van der Waals surface area contributed by atoms with Crippen molar-refractivity contribution < 1.29 is 9.59 Å². The molecule has 1 N–H and O–H groups in total. The first-order valence-corrected chi connectivity index (χ1v) is 14.5. The second kappa shape index (κ2) is 14.7. The molecule has 0 unspecified atom stereocenters. The molecule has 0 aliphatic heterocycles. The SMILES string of the molecule is CC[C@@H](C)NC(=O)[C@H](Cc1ccccc1)N(Cc1cccc(Cl)c1)C(=O)CSCc1ccc(Cl)c(Cl)c1. The van der Waals surface area contributed by atoms with Crippen LogP contribution in [0.15, 0.2) is 72.8 Å². The molecule has 196 valence electrons. The van der Waals surface area contributed by atoms with Crippen LogP contribution in [0.3, 0.4) is 0 Å². The molecule has 0 spiro atoms. The summed E-state index contributed by atoms with van der Waals surface area (Å²) in [6.07, 6.45) is 1.21. The molecule has 0 saturated heterocycles. The summed E-state index contributed by atoms with van der Waals surface area (Å²) in [5.41, 5.74) is 2.83. The minimum absolute atomic E-state index is 0.00192. The molecule has 3 aromatic rings. The summed E-state index contributed by atoms with van der Waals surface area (Å²) < 4.78 is 0. The van der Waals surface area contributed by atoms with E-state index in [0.717, 1.165) is 23.1 Å². The van der Waals surface area contributed by atoms with E-state index in [4.69, 9.17) is 34.8 Å². The zero-order valence-corrected chi connectivity index (χ0v) is 24.0. The van der Waals surface area contributed by atoms with Crippen LogP contribution in [0.25, 0.3) is 0 Å². The van der Waals surface area contributed by atoms with Crippen LogP contribution in [-0.4, -0.2) is 34.6 Å². The molecule has 0 aliphatic rings. The maximum absolute atomic E-state index is 13.7. The van der Waals surface area contributed by atoms with Gasteiger partial charge >= 0.3 is 0 Å². The molecule has 0 fully saturated rings. The molecule has 3 rings (SSSR count). The van der Waals surface area contributed by atoms with Crippen molar-refractivity contribution in [3.05, 3.63) is 105 Å². The average molecular weight is 578 g/mol. The fraction of sp³-hybridized carbons (Fsp3) is 0.310. The van der Waals surface area contributed by atoms with Crippen molar-refractivity contribution in [3.8, 4) is 0 Å². The van der Waals surface area contributed by atoms with Crippen LogP contribution in [-0.2, 0) is 28.3 Å². The number of carbonyl (C=O) groups excluding carboxylic acids is 2. The summed E-state index contributed by atoms with van der Waals surface area (Å²) in [4.78, 5) is 28.9. The van der Waals surface area contributed by atoms with Gasteiger partial charge in [-0.3, -0.25) is 9.59 Å². The maximum atomic E-state index is 13.7. The number of benzene rings is 3. The van der Waals surface area contributed by atoms with Crippen molar-refractivity contribution >= 4 is 58.4 Å². The molecule has 2 atom stereocenters. The van der Waals surface area contributed by atoms with E-state index in [1.165, 1.54) is 11.8 Å². The zero-order chi connectivity index (χ0) is 26.8. The highest BCUT2D eigenvalue weighted by molar-refractivity contribution is 7.99. The summed E-state index contributed by atoms with van der Waals surface area (Å²) in [6, 6.07) is 21.9. The largest absolute Gasteiger partial charge is 0.352 e. The number of nitrogens with zero attached hydrogens (tertiary/aromatic N) is 1. The van der Waals surface area contributed by atoms with Gasteiger partial charge in [-0.25, -0.2) is 0 Å². The lowest BCUT2D eigenvalue weighted by Crippen LogP contribution is -2.52. The Balaban J connectivity index is 1.85. The Bertz CT molecular complexity index is 1190. The van der Waals surface area contributed by atoms with E-state index in [1.54, 1.807) is 17.0 Å². The number of carbonyl (C=O) groups is 2. The van der Waals surface area contributed by atoms with Gasteiger partial charge in [0.1, 0.15) is 6.04 Å². The van der Waals surface area contributed by atoms with Gasteiger partial charge in [0.2, 0.25) is 11.8 Å². The van der Waals surface area contributed by atoms with Crippen LogP contribution in [0.1, 0.15) is 37.0 Å². The molecule has 0 bridgehead atoms. The molecule has 0 aromatic heterocycles. The minimum atomic E-state index is -0.673. The van der Waals surface area contributed by atoms with Gasteiger partial charge < -0.3 is 10.2 Å². The number of hydrogen-bond acceptors (Lipinski definition) is 3. The third kappa shape index (κ3) is 9.26. The summed E-state index contributed by atoms with van der Waals surface area (Å²) in [7, 11) is 0. The quantitative estimate of drug-likeness (QED) is 0.243. The third-order valence-electron chi connectivity index (χ3n) is 5.99. The first-order chi connectivity index (χ1) is 17.8. The van der Waals surface area contributed by atoms with E-state index in [-0.39, 0.29) is 30.2 Å². The van der Waals surface area contributed by atoms with Gasteiger partial charge in [-0.2, -0.15) is 0 Å². The van der Waals surface area contributed by atoms with Crippen LogP contribution in [0.5, 0.6) is 0 Å². The molecule has 0 radical (unpaired) electrons. The Morgan fingerprint density at radius 2 is 1.62 bits per heavy atom. The maximum Gasteiger partial charge on any atom is 0.243 e. The predicted octanol–water partition coefficient (Wildman–Crippen LogP) is 7.43. The minimum Gasteiger partial charge on any atom is -0.352 e. The zero-order valence-electron chi connectivity index (χ0n) is 20.9. The van der Waals surface area contributed by atoms with E-state index in [0.29, 0.717) is 27.2 Å². The van der Waals surface area contributed by atoms with E-state index in [1.807, 2.05) is 74.5 Å². The smallest absolute Gasteiger partial charge is 0.243 e. The van der Waals surface area contributed by atoms with Crippen molar-refractivity contribution in [2.24, 2.45) is 0 Å². The molecular formula is C29H31Cl3N2O2S. The molecule has 37 heavy (non-hydrogen) atoms. The molecule has 0 heterocycles. The Morgan fingerprint density at radius 1 is 0.892 bits per heavy atom. The van der Waals surface area contributed by atoms with Crippen molar-refractivity contribution in [1.82, 2.24) is 10.2 Å². The van der Waals surface area contributed by atoms with Crippen LogP contribution in [0, 0.1) is 0 Å². The second-order valence-corrected chi connectivity index (χ2v) is 11.2. The summed E-state index contributed by atoms with van der Waals surface area (Å²) >= 11 is 19.9. The Labute approximate surface area is 238 Å². The number of hydrogen-bond donors (Lipinski definition) is 1. The normalized spacial score (nSPS) is 12.6. The molecule has 0 aliphatic carbocycles. The number of rotatable bonds is 12. The molecule has 3 aromatic carbocycles. The Kier molecular flexibility index (Phi) is 11.7. The number of amides is 2. The standard InChI is InChI=1S/C29H31Cl3N2O2S/c1-3-20(2)33-29(36)27(16-21-8-5-4-6-9-21)34(17-22-10-7-11-24(30)14-22)28(35)19-37-18-23-12-13-25(31)26(32)15-23/h4-15,20,27H,3,16-19H2,1-2H3,(H,33,36)/t20-,27+/m1/s1. The predicted molar refractivity (Wildman–Crippen MR) is 156 cm³/mol. The molecule has 4 nitrogen and oxygen atoms in total. The highest BCUT2D eigenvalue weighted by atomic mass is 35.5. The highest BCUT2D eigenvalue weighted by Crippen LogP contribution is 2.25. The van der Waals surface area contributed by atoms with Crippen molar-refractivity contribution in [2.75, 3.05) is 5.75 Å². The fourth-order valence-electron chi connectivity index (χ4n) is 3.80. The highest BCUT2D eigenvalue weighted by Gasteiger charge is 2.31. The van der Waals surface area contributed by atoms with Crippen LogP contribution in [0.2, 0.25) is 15.1 Å². The average Bonchev–Trinajstić information content (AvgIpc) is 2.88. The summed E-state index contributed by atoms with van der Waals surface area (Å²) in [6.45, 7) is 4.26. The van der Waals surface area contributed by atoms with E-state index >= 15 is 0 Å². The van der Waals surface area contributed by atoms with E-state index in [2.05, 4.69) is 5.32 Å². The van der Waals surface area contributed by atoms with Crippen LogP contribution in [0.4, 0.5) is 0 Å². The topological polar surface area (TPSA) is 49.4 Å². The number of halogens is 3. The molecule has 2 amide bonds. The first-order valence-electron chi connectivity index (χ1n) is 12.2. The van der Waals surface area contributed by atoms with Gasteiger partial charge in [-0.15, -0.1) is 11.8 Å². The van der Waals surface area contributed by atoms with E-state index < -0.39 is 6.04 Å². The van der Waals surface area contributed by atoms with Gasteiger partial charge in [0.05, 0.1) is 15.8 Å². The van der Waals surface area contributed by atoms with Gasteiger partial charge in [0, 0.05) is 29.8 Å². The van der Waals surface area contributed by atoms with Gasteiger partial charge in [-0.1, -0.05) is 90.3 Å². The lowest BCUT2D eigenvalue weighted by molar-refractivity contribution is -0.139. The number of nitrogens with one attached hydrogen (secondary N) is 1. The van der Waals surface area contributed by atoms with Crippen LogP contribution >= 0.6 is 46.6 Å². The molecule has 0 saturated carbocycles. The van der Waals surface area contributed by atoms with Gasteiger partial charge in [0.15, 0.2) is 0 Å². The summed E-state index contributed by atoms with van der Waals surface area (Å²) in [5.74, 6) is 0.520. The lowest BCUT2D eigenvalue weighted by Gasteiger charge is -2.32. The number of thioether (sulfide) groups is 1. The van der Waals surface area contributed by atoms with Crippen molar-refractivity contribution in [1.29, 1.82) is 0 Å². The van der Waals surface area contributed by atoms with Gasteiger partial charge in [0.25, 0.3) is 0 Å². The molecule has 8 heteroatoms. The summed E-state index contributed by atoms with van der Waals surface area (Å²) in [5, 5.41) is 4.65. The van der Waals surface area contributed by atoms with Crippen LogP contribution < -0.4 is 5.32 Å². The molecular weight excluding hydrogens is 547 g/mol. The van der Waals surface area contributed by atoms with Gasteiger partial charge in [-0.05, 0) is 54.3 Å². The second-order valence-electron chi connectivity index (χ2n) is 8.92. The van der Waals surface area contributed by atoms with Crippen molar-refractivity contribution in [2.45, 2.75) is 51.1 Å². The first kappa shape index (κ1) is 29.4. The Morgan fingerprint density at radius 3 is 2.30 bits per heavy atom. The van der Waals surface area contributed by atoms with Crippen molar-refractivity contribution in [3.63, 3.8) is 0 Å². The van der Waals surface area contributed by atoms with E-state index in [9.17, 15) is 9.59 Å². The lowest BCUT2D eigenvalue weighted by atomic mass is 10.0. The monoisotopic (exact) mass is 576 g/mol. The third-order valence-corrected chi connectivity index (χ3v) is 7.96. The fourth-order valence-corrected chi connectivity index (χ4v) is 5.19. The Hall–Kier alpha value is -2.18.